The summed E-state index contributed by atoms with van der Waals surface area (Å²) < 4.78 is 12.2. The molecule has 0 aromatic heterocycles. The molecule has 0 saturated carbocycles. The third-order valence-electron chi connectivity index (χ3n) is 4.15. The van der Waals surface area contributed by atoms with Crippen molar-refractivity contribution in [2.75, 3.05) is 6.61 Å². The molecule has 0 spiro atoms. The van der Waals surface area contributed by atoms with E-state index in [1.165, 1.54) is 0 Å². The van der Waals surface area contributed by atoms with Gasteiger partial charge in [0.05, 0.1) is 22.9 Å². The van der Waals surface area contributed by atoms with Gasteiger partial charge in [0.15, 0.2) is 0 Å². The first kappa shape index (κ1) is 23.1. The van der Waals surface area contributed by atoms with E-state index in [1.54, 1.807) is 42.6 Å². The Hall–Kier alpha value is -2.54. The maximum atomic E-state index is 12.3. The van der Waals surface area contributed by atoms with Gasteiger partial charge in [-0.15, -0.1) is 0 Å². The smallest absolute Gasteiger partial charge is 0.271 e. The Labute approximate surface area is 199 Å². The lowest BCUT2D eigenvalue weighted by Gasteiger charge is -2.08. The molecule has 1 N–H and O–H groups in total. The van der Waals surface area contributed by atoms with Crippen LogP contribution in [0.4, 0.5) is 0 Å². The fourth-order valence-corrected chi connectivity index (χ4v) is 3.33. The normalized spacial score (nSPS) is 10.8. The van der Waals surface area contributed by atoms with Crippen LogP contribution in [0, 0.1) is 0 Å². The summed E-state index contributed by atoms with van der Waals surface area (Å²) in [7, 11) is 0. The van der Waals surface area contributed by atoms with Crippen molar-refractivity contribution in [1.82, 2.24) is 5.43 Å². The monoisotopic (exact) mass is 520 g/mol. The van der Waals surface area contributed by atoms with E-state index in [4.69, 9.17) is 32.7 Å². The lowest BCUT2D eigenvalue weighted by Crippen LogP contribution is -2.17. The van der Waals surface area contributed by atoms with Crippen LogP contribution in [-0.2, 0) is 6.61 Å². The maximum Gasteiger partial charge on any atom is 0.271 e. The highest BCUT2D eigenvalue weighted by atomic mass is 79.9. The summed E-state index contributed by atoms with van der Waals surface area (Å²) in [6.07, 6.45) is 1.54. The number of hydrogen-bond acceptors (Lipinski definition) is 4. The van der Waals surface area contributed by atoms with Crippen molar-refractivity contribution in [2.24, 2.45) is 5.10 Å². The van der Waals surface area contributed by atoms with Crippen molar-refractivity contribution in [2.45, 2.75) is 13.5 Å². The van der Waals surface area contributed by atoms with Gasteiger partial charge in [0, 0.05) is 15.6 Å². The van der Waals surface area contributed by atoms with Gasteiger partial charge in [0.1, 0.15) is 18.1 Å². The minimum absolute atomic E-state index is 0.333. The molecule has 3 aromatic rings. The van der Waals surface area contributed by atoms with Gasteiger partial charge in [-0.25, -0.2) is 5.43 Å². The van der Waals surface area contributed by atoms with Crippen LogP contribution < -0.4 is 14.9 Å². The first-order chi connectivity index (χ1) is 15.0. The van der Waals surface area contributed by atoms with Gasteiger partial charge < -0.3 is 9.47 Å². The van der Waals surface area contributed by atoms with Crippen LogP contribution in [0.25, 0.3) is 0 Å². The van der Waals surface area contributed by atoms with Crippen molar-refractivity contribution in [3.63, 3.8) is 0 Å². The Balaban J connectivity index is 1.57. The summed E-state index contributed by atoms with van der Waals surface area (Å²) in [5.41, 5.74) is 4.62. The number of carbonyl (C=O) groups excluding carboxylic acids is 1. The first-order valence-electron chi connectivity index (χ1n) is 9.39. The molecular weight excluding hydrogens is 503 g/mol. The van der Waals surface area contributed by atoms with E-state index >= 15 is 0 Å². The van der Waals surface area contributed by atoms with Gasteiger partial charge >= 0.3 is 0 Å². The minimum Gasteiger partial charge on any atom is -0.493 e. The molecule has 0 heterocycles. The van der Waals surface area contributed by atoms with Crippen molar-refractivity contribution in [3.8, 4) is 11.5 Å². The number of ether oxygens (including phenoxy) is 2. The predicted molar refractivity (Wildman–Crippen MR) is 128 cm³/mol. The minimum atomic E-state index is -0.333. The van der Waals surface area contributed by atoms with Crippen LogP contribution in [0.1, 0.15) is 28.4 Å². The molecule has 0 unspecified atom stereocenters. The van der Waals surface area contributed by atoms with Crippen molar-refractivity contribution in [3.05, 3.63) is 91.9 Å². The number of benzene rings is 3. The molecule has 0 saturated heterocycles. The summed E-state index contributed by atoms with van der Waals surface area (Å²) in [6.45, 7) is 2.78. The van der Waals surface area contributed by atoms with E-state index in [-0.39, 0.29) is 5.91 Å². The molecule has 3 rings (SSSR count). The highest BCUT2D eigenvalue weighted by molar-refractivity contribution is 9.10. The third-order valence-corrected chi connectivity index (χ3v) is 5.38. The van der Waals surface area contributed by atoms with E-state index in [1.807, 2.05) is 31.2 Å². The topological polar surface area (TPSA) is 59.9 Å². The van der Waals surface area contributed by atoms with Crippen LogP contribution in [0.2, 0.25) is 10.0 Å². The summed E-state index contributed by atoms with van der Waals surface area (Å²) >= 11 is 15.3. The second-order valence-electron chi connectivity index (χ2n) is 6.38. The van der Waals surface area contributed by atoms with Crippen LogP contribution in [0.15, 0.2) is 70.2 Å². The third kappa shape index (κ3) is 6.72. The summed E-state index contributed by atoms with van der Waals surface area (Å²) in [5.74, 6) is 0.981. The number of halogens is 3. The average Bonchev–Trinajstić information content (AvgIpc) is 2.77. The van der Waals surface area contributed by atoms with Crippen LogP contribution in [-0.4, -0.2) is 18.7 Å². The number of nitrogens with one attached hydrogen (secondary N) is 1. The van der Waals surface area contributed by atoms with Gasteiger partial charge in [0.2, 0.25) is 0 Å². The molecule has 0 aliphatic heterocycles. The molecule has 0 bridgehead atoms. The van der Waals surface area contributed by atoms with Crippen molar-refractivity contribution < 1.29 is 14.3 Å². The molecule has 160 valence electrons. The van der Waals surface area contributed by atoms with E-state index in [9.17, 15) is 4.79 Å². The quantitative estimate of drug-likeness (QED) is 0.272. The van der Waals surface area contributed by atoms with E-state index < -0.39 is 0 Å². The van der Waals surface area contributed by atoms with E-state index in [0.717, 1.165) is 15.6 Å². The van der Waals surface area contributed by atoms with Crippen molar-refractivity contribution >= 4 is 51.3 Å². The zero-order valence-corrected chi connectivity index (χ0v) is 19.7. The van der Waals surface area contributed by atoms with Crippen LogP contribution in [0.5, 0.6) is 11.5 Å². The molecule has 0 atom stereocenters. The molecular formula is C23H19BrCl2N2O3. The lowest BCUT2D eigenvalue weighted by molar-refractivity contribution is 0.0955. The molecule has 0 aliphatic carbocycles. The Morgan fingerprint density at radius 2 is 1.81 bits per heavy atom. The largest absolute Gasteiger partial charge is 0.493 e. The average molecular weight is 522 g/mol. The molecule has 5 nitrogen and oxygen atoms in total. The van der Waals surface area contributed by atoms with Gasteiger partial charge in [-0.1, -0.05) is 45.2 Å². The van der Waals surface area contributed by atoms with Crippen molar-refractivity contribution in [1.29, 1.82) is 0 Å². The summed E-state index contributed by atoms with van der Waals surface area (Å²) in [5, 5.41) is 5.01. The fraction of sp³-hybridized carbons (Fsp3) is 0.130. The molecule has 31 heavy (non-hydrogen) atoms. The standard InChI is InChI=1S/C23H19BrCl2N2O3/c1-2-30-22-10-6-18(24)12-17(22)13-27-28-23(29)16-4-7-19(8-5-16)31-14-15-3-9-20(25)21(26)11-15/h3-13H,2,14H2,1H3,(H,28,29)/b27-13-. The first-order valence-corrected chi connectivity index (χ1v) is 10.9. The molecule has 1 amide bonds. The second-order valence-corrected chi connectivity index (χ2v) is 8.11. The number of carbonyl (C=O) groups is 1. The molecule has 0 radical (unpaired) electrons. The Kier molecular flexibility index (Phi) is 8.35. The van der Waals surface area contributed by atoms with Crippen LogP contribution >= 0.6 is 39.1 Å². The highest BCUT2D eigenvalue weighted by Crippen LogP contribution is 2.24. The number of hydrazone groups is 1. The fourth-order valence-electron chi connectivity index (χ4n) is 2.63. The maximum absolute atomic E-state index is 12.3. The molecule has 3 aromatic carbocycles. The Bertz CT molecular complexity index is 1090. The van der Waals surface area contributed by atoms with Gasteiger partial charge in [-0.3, -0.25) is 4.79 Å². The second kappa shape index (κ2) is 11.2. The zero-order chi connectivity index (χ0) is 22.2. The van der Waals surface area contributed by atoms with Crippen LogP contribution in [0.3, 0.4) is 0 Å². The highest BCUT2D eigenvalue weighted by Gasteiger charge is 2.06. The number of nitrogens with zero attached hydrogens (tertiary/aromatic N) is 1. The van der Waals surface area contributed by atoms with Gasteiger partial charge in [-0.05, 0) is 67.1 Å². The molecule has 0 fully saturated rings. The number of rotatable bonds is 8. The molecule has 0 aliphatic rings. The summed E-state index contributed by atoms with van der Waals surface area (Å²) in [6, 6.07) is 17.7. The molecule has 8 heteroatoms. The van der Waals surface area contributed by atoms with Gasteiger partial charge in [0.25, 0.3) is 5.91 Å². The Morgan fingerprint density at radius 3 is 2.52 bits per heavy atom. The number of amides is 1. The number of hydrogen-bond donors (Lipinski definition) is 1. The van der Waals surface area contributed by atoms with E-state index in [0.29, 0.717) is 40.3 Å². The van der Waals surface area contributed by atoms with Gasteiger partial charge in [-0.2, -0.15) is 5.10 Å². The predicted octanol–water partition coefficient (Wildman–Crippen LogP) is 6.50. The lowest BCUT2D eigenvalue weighted by atomic mass is 10.2. The van der Waals surface area contributed by atoms with E-state index in [2.05, 4.69) is 26.5 Å². The summed E-state index contributed by atoms with van der Waals surface area (Å²) in [4.78, 5) is 12.3. The SMILES string of the molecule is CCOc1ccc(Br)cc1/C=N\NC(=O)c1ccc(OCc2ccc(Cl)c(Cl)c2)cc1. The Morgan fingerprint density at radius 1 is 1.03 bits per heavy atom. The zero-order valence-electron chi connectivity index (χ0n) is 16.6.